The molecule has 0 unspecified atom stereocenters. The Bertz CT molecular complexity index is 955. The van der Waals surface area contributed by atoms with Gasteiger partial charge in [-0.05, 0) is 60.5 Å². The van der Waals surface area contributed by atoms with Gasteiger partial charge in [0.2, 0.25) is 0 Å². The highest BCUT2D eigenvalue weighted by Gasteiger charge is 2.14. The molecular formula is C21H22N2O3S. The number of nitrogens with one attached hydrogen (secondary N) is 2. The van der Waals surface area contributed by atoms with Crippen LogP contribution in [0.2, 0.25) is 0 Å². The molecule has 0 aliphatic rings. The average molecular weight is 382 g/mol. The van der Waals surface area contributed by atoms with Gasteiger partial charge in [-0.15, -0.1) is 0 Å². The highest BCUT2D eigenvalue weighted by atomic mass is 32.2. The molecule has 0 aliphatic carbocycles. The van der Waals surface area contributed by atoms with Crippen molar-refractivity contribution in [3.05, 3.63) is 84.4 Å². The molecule has 0 aromatic heterocycles. The van der Waals surface area contributed by atoms with Crippen molar-refractivity contribution in [2.75, 3.05) is 23.7 Å². The molecule has 3 aromatic carbocycles. The van der Waals surface area contributed by atoms with Crippen LogP contribution in [0.3, 0.4) is 0 Å². The minimum absolute atomic E-state index is 0.188. The molecule has 0 fully saturated rings. The Morgan fingerprint density at radius 3 is 2.07 bits per heavy atom. The van der Waals surface area contributed by atoms with Crippen LogP contribution in [0, 0.1) is 0 Å². The molecule has 0 saturated carbocycles. The zero-order chi connectivity index (χ0) is 19.1. The summed E-state index contributed by atoms with van der Waals surface area (Å²) in [6.07, 6.45) is 0.923. The molecule has 0 spiro atoms. The highest BCUT2D eigenvalue weighted by Crippen LogP contribution is 2.20. The third-order valence-electron chi connectivity index (χ3n) is 4.09. The van der Waals surface area contributed by atoms with E-state index in [-0.39, 0.29) is 4.90 Å². The summed E-state index contributed by atoms with van der Waals surface area (Å²) in [7, 11) is -2.09. The van der Waals surface area contributed by atoms with Gasteiger partial charge in [0.1, 0.15) is 5.75 Å². The Hall–Kier alpha value is -2.99. The molecule has 2 N–H and O–H groups in total. The molecule has 3 aromatic rings. The second kappa shape index (κ2) is 8.60. The maximum Gasteiger partial charge on any atom is 0.261 e. The first-order chi connectivity index (χ1) is 13.1. The van der Waals surface area contributed by atoms with E-state index in [9.17, 15) is 8.42 Å². The minimum Gasteiger partial charge on any atom is -0.497 e. The van der Waals surface area contributed by atoms with Crippen LogP contribution in [0.1, 0.15) is 5.56 Å². The fourth-order valence-electron chi connectivity index (χ4n) is 2.62. The lowest BCUT2D eigenvalue weighted by molar-refractivity contribution is 0.414. The predicted octanol–water partition coefficient (Wildman–Crippen LogP) is 4.15. The highest BCUT2D eigenvalue weighted by molar-refractivity contribution is 7.92. The summed E-state index contributed by atoms with van der Waals surface area (Å²) in [6.45, 7) is 0.806. The summed E-state index contributed by atoms with van der Waals surface area (Å²) in [5.41, 5.74) is 2.73. The van der Waals surface area contributed by atoms with Crippen molar-refractivity contribution in [2.24, 2.45) is 0 Å². The molecule has 0 radical (unpaired) electrons. The van der Waals surface area contributed by atoms with Gasteiger partial charge in [0, 0.05) is 17.9 Å². The molecule has 140 valence electrons. The van der Waals surface area contributed by atoms with Gasteiger partial charge in [-0.25, -0.2) is 8.42 Å². The molecule has 0 aliphatic heterocycles. The summed E-state index contributed by atoms with van der Waals surface area (Å²) in [4.78, 5) is 0.188. The lowest BCUT2D eigenvalue weighted by Gasteiger charge is -2.10. The van der Waals surface area contributed by atoms with E-state index in [2.05, 4.69) is 22.2 Å². The number of ether oxygens (including phenoxy) is 1. The first-order valence-corrected chi connectivity index (χ1v) is 10.1. The van der Waals surface area contributed by atoms with E-state index >= 15 is 0 Å². The SMILES string of the molecule is COc1ccc(S(=O)(=O)Nc2ccc(NCCc3ccccc3)cc2)cc1. The number of hydrogen-bond donors (Lipinski definition) is 2. The number of hydrogen-bond acceptors (Lipinski definition) is 4. The minimum atomic E-state index is -3.63. The van der Waals surface area contributed by atoms with E-state index in [0.29, 0.717) is 11.4 Å². The van der Waals surface area contributed by atoms with Crippen LogP contribution in [0.4, 0.5) is 11.4 Å². The number of sulfonamides is 1. The van der Waals surface area contributed by atoms with Gasteiger partial charge in [0.25, 0.3) is 10.0 Å². The summed E-state index contributed by atoms with van der Waals surface area (Å²) >= 11 is 0. The third-order valence-corrected chi connectivity index (χ3v) is 5.49. The zero-order valence-corrected chi connectivity index (χ0v) is 15.9. The fraction of sp³-hybridized carbons (Fsp3) is 0.143. The fourth-order valence-corrected chi connectivity index (χ4v) is 3.68. The van der Waals surface area contributed by atoms with E-state index in [0.717, 1.165) is 18.7 Å². The first-order valence-electron chi connectivity index (χ1n) is 8.61. The number of anilines is 2. The average Bonchev–Trinajstić information content (AvgIpc) is 2.70. The lowest BCUT2D eigenvalue weighted by atomic mass is 10.1. The van der Waals surface area contributed by atoms with E-state index in [1.165, 1.54) is 24.8 Å². The quantitative estimate of drug-likeness (QED) is 0.614. The van der Waals surface area contributed by atoms with Crippen molar-refractivity contribution in [3.8, 4) is 5.75 Å². The van der Waals surface area contributed by atoms with Gasteiger partial charge < -0.3 is 10.1 Å². The molecular weight excluding hydrogens is 360 g/mol. The van der Waals surface area contributed by atoms with E-state index in [1.807, 2.05) is 30.3 Å². The third kappa shape index (κ3) is 5.24. The molecule has 6 heteroatoms. The molecule has 5 nitrogen and oxygen atoms in total. The van der Waals surface area contributed by atoms with Crippen LogP contribution < -0.4 is 14.8 Å². The molecule has 0 amide bonds. The van der Waals surface area contributed by atoms with Crippen LogP contribution >= 0.6 is 0 Å². The van der Waals surface area contributed by atoms with Gasteiger partial charge in [-0.3, -0.25) is 4.72 Å². The second-order valence-corrected chi connectivity index (χ2v) is 7.70. The number of benzene rings is 3. The first kappa shape index (κ1) is 18.8. The van der Waals surface area contributed by atoms with Gasteiger partial charge in [-0.2, -0.15) is 0 Å². The Balaban J connectivity index is 1.57. The molecule has 0 bridgehead atoms. The van der Waals surface area contributed by atoms with Crippen molar-refractivity contribution in [3.63, 3.8) is 0 Å². The van der Waals surface area contributed by atoms with Crippen molar-refractivity contribution in [2.45, 2.75) is 11.3 Å². The van der Waals surface area contributed by atoms with Crippen LogP contribution in [0.25, 0.3) is 0 Å². The molecule has 0 atom stereocenters. The smallest absolute Gasteiger partial charge is 0.261 e. The largest absolute Gasteiger partial charge is 0.497 e. The second-order valence-electron chi connectivity index (χ2n) is 6.02. The summed E-state index contributed by atoms with van der Waals surface area (Å²) in [5.74, 6) is 0.611. The molecule has 0 heterocycles. The van der Waals surface area contributed by atoms with Crippen molar-refractivity contribution >= 4 is 21.4 Å². The monoisotopic (exact) mass is 382 g/mol. The standard InChI is InChI=1S/C21H22N2O3S/c1-26-20-11-13-21(14-12-20)27(24,25)23-19-9-7-18(8-10-19)22-16-15-17-5-3-2-4-6-17/h2-14,22-23H,15-16H2,1H3. The summed E-state index contributed by atoms with van der Waals surface area (Å²) < 4.78 is 32.5. The van der Waals surface area contributed by atoms with Crippen LogP contribution in [0.5, 0.6) is 5.75 Å². The molecule has 27 heavy (non-hydrogen) atoms. The maximum atomic E-state index is 12.4. The molecule has 3 rings (SSSR count). The van der Waals surface area contributed by atoms with Gasteiger partial charge in [0.15, 0.2) is 0 Å². The van der Waals surface area contributed by atoms with Crippen LogP contribution in [-0.2, 0) is 16.4 Å². The van der Waals surface area contributed by atoms with E-state index < -0.39 is 10.0 Å². The van der Waals surface area contributed by atoms with Crippen LogP contribution in [-0.4, -0.2) is 22.1 Å². The predicted molar refractivity (Wildman–Crippen MR) is 109 cm³/mol. The Morgan fingerprint density at radius 1 is 0.815 bits per heavy atom. The van der Waals surface area contributed by atoms with Crippen molar-refractivity contribution in [1.29, 1.82) is 0 Å². The molecule has 0 saturated heterocycles. The van der Waals surface area contributed by atoms with Gasteiger partial charge >= 0.3 is 0 Å². The van der Waals surface area contributed by atoms with Gasteiger partial charge in [-0.1, -0.05) is 30.3 Å². The van der Waals surface area contributed by atoms with Gasteiger partial charge in [0.05, 0.1) is 12.0 Å². The Morgan fingerprint density at radius 2 is 1.44 bits per heavy atom. The Kier molecular flexibility index (Phi) is 5.98. The van der Waals surface area contributed by atoms with E-state index in [4.69, 9.17) is 4.74 Å². The summed E-state index contributed by atoms with van der Waals surface area (Å²) in [5, 5.41) is 3.34. The normalized spacial score (nSPS) is 11.0. The number of rotatable bonds is 8. The van der Waals surface area contributed by atoms with Crippen LogP contribution in [0.15, 0.2) is 83.8 Å². The number of methoxy groups -OCH3 is 1. The Labute approximate surface area is 160 Å². The van der Waals surface area contributed by atoms with Crippen molar-refractivity contribution < 1.29 is 13.2 Å². The van der Waals surface area contributed by atoms with E-state index in [1.54, 1.807) is 24.3 Å². The maximum absolute atomic E-state index is 12.4. The zero-order valence-electron chi connectivity index (χ0n) is 15.1. The lowest BCUT2D eigenvalue weighted by Crippen LogP contribution is -2.13. The van der Waals surface area contributed by atoms with Crippen molar-refractivity contribution in [1.82, 2.24) is 0 Å². The topological polar surface area (TPSA) is 67.4 Å². The summed E-state index contributed by atoms with van der Waals surface area (Å²) in [6, 6.07) is 23.7.